The molecule has 17 heavy (non-hydrogen) atoms. The van der Waals surface area contributed by atoms with E-state index in [1.54, 1.807) is 0 Å². The lowest BCUT2D eigenvalue weighted by molar-refractivity contribution is -0.385. The van der Waals surface area contributed by atoms with Gasteiger partial charge in [0, 0.05) is 12.1 Å². The lowest BCUT2D eigenvalue weighted by Gasteiger charge is -2.08. The van der Waals surface area contributed by atoms with E-state index in [2.05, 4.69) is 13.8 Å². The smallest absolute Gasteiger partial charge is 0.311 e. The number of halogens is 1. The summed E-state index contributed by atoms with van der Waals surface area (Å²) >= 11 is 0. The molecular formula is C12H16FNO3. The first-order valence-electron chi connectivity index (χ1n) is 5.57. The minimum atomic E-state index is -0.572. The highest BCUT2D eigenvalue weighted by Crippen LogP contribution is 2.27. The summed E-state index contributed by atoms with van der Waals surface area (Å²) in [7, 11) is 0. The molecular weight excluding hydrogens is 225 g/mol. The maximum atomic E-state index is 12.9. The number of hydrogen-bond donors (Lipinski definition) is 0. The van der Waals surface area contributed by atoms with Gasteiger partial charge >= 0.3 is 5.69 Å². The molecule has 4 nitrogen and oxygen atoms in total. The van der Waals surface area contributed by atoms with Crippen molar-refractivity contribution < 1.29 is 14.1 Å². The summed E-state index contributed by atoms with van der Waals surface area (Å²) in [6.45, 7) is 4.54. The van der Waals surface area contributed by atoms with Crippen LogP contribution < -0.4 is 4.74 Å². The van der Waals surface area contributed by atoms with Gasteiger partial charge in [0.2, 0.25) is 0 Å². The molecule has 0 atom stereocenters. The van der Waals surface area contributed by atoms with Crippen LogP contribution in [0.2, 0.25) is 0 Å². The largest absolute Gasteiger partial charge is 0.487 e. The van der Waals surface area contributed by atoms with E-state index in [0.717, 1.165) is 31.0 Å². The first kappa shape index (κ1) is 13.4. The summed E-state index contributed by atoms with van der Waals surface area (Å²) in [5.74, 6) is 0.0225. The summed E-state index contributed by atoms with van der Waals surface area (Å²) in [6.07, 6.45) is 1.77. The number of nitro benzene ring substituents is 1. The molecule has 0 aliphatic heterocycles. The monoisotopic (exact) mass is 241 g/mol. The van der Waals surface area contributed by atoms with Gasteiger partial charge in [-0.1, -0.05) is 13.8 Å². The molecule has 0 saturated carbocycles. The second-order valence-electron chi connectivity index (χ2n) is 4.25. The van der Waals surface area contributed by atoms with Crippen molar-refractivity contribution >= 4 is 5.69 Å². The number of nitrogens with zero attached hydrogens (tertiary/aromatic N) is 1. The Labute approximate surface area is 99.6 Å². The Morgan fingerprint density at radius 3 is 2.76 bits per heavy atom. The third-order valence-electron chi connectivity index (χ3n) is 2.30. The normalized spacial score (nSPS) is 10.6. The zero-order chi connectivity index (χ0) is 12.8. The predicted molar refractivity (Wildman–Crippen MR) is 62.6 cm³/mol. The van der Waals surface area contributed by atoms with Crippen LogP contribution in [0.1, 0.15) is 26.7 Å². The molecule has 0 radical (unpaired) electrons. The molecule has 0 fully saturated rings. The van der Waals surface area contributed by atoms with Crippen molar-refractivity contribution in [3.8, 4) is 5.75 Å². The molecule has 0 bridgehead atoms. The van der Waals surface area contributed by atoms with Crippen LogP contribution in [0.3, 0.4) is 0 Å². The molecule has 1 aromatic rings. The topological polar surface area (TPSA) is 52.4 Å². The number of hydrogen-bond acceptors (Lipinski definition) is 3. The zero-order valence-electron chi connectivity index (χ0n) is 9.98. The summed E-state index contributed by atoms with van der Waals surface area (Å²) in [4.78, 5) is 10.1. The second kappa shape index (κ2) is 6.18. The molecule has 0 amide bonds. The van der Waals surface area contributed by atoms with Crippen LogP contribution in [0.25, 0.3) is 0 Å². The van der Waals surface area contributed by atoms with Crippen LogP contribution in [0.15, 0.2) is 18.2 Å². The molecule has 0 aromatic heterocycles. The Kier molecular flexibility index (Phi) is 4.87. The molecule has 0 aliphatic rings. The van der Waals surface area contributed by atoms with Gasteiger partial charge in [0.15, 0.2) is 5.75 Å². The summed E-state index contributed by atoms with van der Waals surface area (Å²) in [5, 5.41) is 10.7. The molecule has 0 spiro atoms. The molecule has 0 heterocycles. The van der Waals surface area contributed by atoms with Gasteiger partial charge in [-0.15, -0.1) is 0 Å². The van der Waals surface area contributed by atoms with Crippen LogP contribution in [0.5, 0.6) is 5.75 Å². The van der Waals surface area contributed by atoms with Crippen molar-refractivity contribution in [3.05, 3.63) is 34.1 Å². The number of nitro groups is 1. The molecule has 5 heteroatoms. The third-order valence-corrected chi connectivity index (χ3v) is 2.30. The van der Waals surface area contributed by atoms with Gasteiger partial charge < -0.3 is 4.74 Å². The molecule has 0 aliphatic carbocycles. The van der Waals surface area contributed by atoms with Crippen molar-refractivity contribution in [3.63, 3.8) is 0 Å². The highest BCUT2D eigenvalue weighted by Gasteiger charge is 2.15. The van der Waals surface area contributed by atoms with Crippen LogP contribution in [0.4, 0.5) is 10.1 Å². The molecule has 0 unspecified atom stereocenters. The van der Waals surface area contributed by atoms with E-state index >= 15 is 0 Å². The van der Waals surface area contributed by atoms with Crippen molar-refractivity contribution in [2.45, 2.75) is 26.7 Å². The van der Waals surface area contributed by atoms with Crippen LogP contribution in [-0.4, -0.2) is 11.5 Å². The lowest BCUT2D eigenvalue weighted by atomic mass is 10.1. The summed E-state index contributed by atoms with van der Waals surface area (Å²) < 4.78 is 18.2. The maximum Gasteiger partial charge on any atom is 0.311 e. The number of benzene rings is 1. The number of ether oxygens (including phenoxy) is 1. The van der Waals surface area contributed by atoms with Gasteiger partial charge in [-0.25, -0.2) is 4.39 Å². The van der Waals surface area contributed by atoms with Gasteiger partial charge in [0.05, 0.1) is 11.5 Å². The van der Waals surface area contributed by atoms with Gasteiger partial charge in [-0.3, -0.25) is 10.1 Å². The van der Waals surface area contributed by atoms with E-state index in [1.165, 1.54) is 0 Å². The lowest BCUT2D eigenvalue weighted by Crippen LogP contribution is -2.02. The van der Waals surface area contributed by atoms with Gasteiger partial charge in [-0.2, -0.15) is 0 Å². The van der Waals surface area contributed by atoms with Gasteiger partial charge in [0.25, 0.3) is 0 Å². The molecule has 1 rings (SSSR count). The molecule has 0 N–H and O–H groups in total. The van der Waals surface area contributed by atoms with Gasteiger partial charge in [-0.05, 0) is 24.8 Å². The quantitative estimate of drug-likeness (QED) is 0.434. The Hall–Kier alpha value is -1.65. The average molecular weight is 241 g/mol. The molecule has 0 saturated heterocycles. The minimum Gasteiger partial charge on any atom is -0.487 e. The first-order valence-corrected chi connectivity index (χ1v) is 5.57. The second-order valence-corrected chi connectivity index (χ2v) is 4.25. The Balaban J connectivity index is 2.62. The Bertz CT molecular complexity index is 393. The van der Waals surface area contributed by atoms with Crippen molar-refractivity contribution in [2.75, 3.05) is 6.61 Å². The third kappa shape index (κ3) is 4.38. The summed E-state index contributed by atoms with van der Waals surface area (Å²) in [6, 6.07) is 3.22. The van der Waals surface area contributed by atoms with Crippen LogP contribution in [-0.2, 0) is 0 Å². The highest BCUT2D eigenvalue weighted by molar-refractivity contribution is 5.46. The van der Waals surface area contributed by atoms with E-state index in [1.807, 2.05) is 0 Å². The number of rotatable bonds is 6. The standard InChI is InChI=1S/C12H16FNO3/c1-9(2)4-3-7-17-12-8-10(13)5-6-11(12)14(15)16/h5-6,8-9H,3-4,7H2,1-2H3. The van der Waals surface area contributed by atoms with E-state index in [-0.39, 0.29) is 11.4 Å². The van der Waals surface area contributed by atoms with E-state index in [4.69, 9.17) is 4.74 Å². The van der Waals surface area contributed by atoms with Gasteiger partial charge in [0.1, 0.15) is 5.82 Å². The highest BCUT2D eigenvalue weighted by atomic mass is 19.1. The Morgan fingerprint density at radius 1 is 1.47 bits per heavy atom. The minimum absolute atomic E-state index is 0.00115. The maximum absolute atomic E-state index is 12.9. The van der Waals surface area contributed by atoms with E-state index in [0.29, 0.717) is 12.5 Å². The fourth-order valence-corrected chi connectivity index (χ4v) is 1.43. The van der Waals surface area contributed by atoms with Crippen molar-refractivity contribution in [1.29, 1.82) is 0 Å². The molecule has 94 valence electrons. The Morgan fingerprint density at radius 2 is 2.18 bits per heavy atom. The van der Waals surface area contributed by atoms with Crippen LogP contribution in [0, 0.1) is 21.8 Å². The average Bonchev–Trinajstić information content (AvgIpc) is 2.23. The summed E-state index contributed by atoms with van der Waals surface area (Å²) in [5.41, 5.74) is -0.198. The fourth-order valence-electron chi connectivity index (χ4n) is 1.43. The van der Waals surface area contributed by atoms with E-state index < -0.39 is 10.7 Å². The fraction of sp³-hybridized carbons (Fsp3) is 0.500. The predicted octanol–water partition coefficient (Wildman–Crippen LogP) is 3.55. The first-order chi connectivity index (χ1) is 8.00. The molecule has 1 aromatic carbocycles. The van der Waals surface area contributed by atoms with Crippen LogP contribution >= 0.6 is 0 Å². The SMILES string of the molecule is CC(C)CCCOc1cc(F)ccc1[N+](=O)[O-]. The zero-order valence-corrected chi connectivity index (χ0v) is 9.98. The van der Waals surface area contributed by atoms with Crippen molar-refractivity contribution in [1.82, 2.24) is 0 Å². The van der Waals surface area contributed by atoms with Crippen molar-refractivity contribution in [2.24, 2.45) is 5.92 Å². The van der Waals surface area contributed by atoms with E-state index in [9.17, 15) is 14.5 Å².